The highest BCUT2D eigenvalue weighted by atomic mass is 79.9. The number of amides is 3. The zero-order chi connectivity index (χ0) is 29.2. The number of nitrogens with zero attached hydrogens (tertiary/aromatic N) is 2. The molecule has 0 bridgehead atoms. The molecular formula is C32H34BrClN4O4. The van der Waals surface area contributed by atoms with Crippen LogP contribution in [0.3, 0.4) is 0 Å². The predicted octanol–water partition coefficient (Wildman–Crippen LogP) is 2.95. The molecule has 4 aromatic rings. The van der Waals surface area contributed by atoms with Crippen LogP contribution in [0.5, 0.6) is 0 Å². The molecule has 0 aliphatic carbocycles. The van der Waals surface area contributed by atoms with Gasteiger partial charge in [-0.2, -0.15) is 0 Å². The quantitative estimate of drug-likeness (QED) is 0.193. The number of pyridine rings is 1. The van der Waals surface area contributed by atoms with E-state index < -0.39 is 12.0 Å². The number of carbonyl (C=O) groups excluding carboxylic acids is 3. The Kier molecular flexibility index (Phi) is 12.3. The Labute approximate surface area is 260 Å². The number of aryl methyl sites for hydroxylation is 1. The number of rotatable bonds is 11. The fraction of sp³-hybridized carbons (Fsp3) is 0.250. The molecule has 42 heavy (non-hydrogen) atoms. The third-order valence-corrected chi connectivity index (χ3v) is 6.93. The number of ether oxygens (including phenoxy) is 1. The maximum absolute atomic E-state index is 13.7. The number of hydrogen-bond donors (Lipinski definition) is 2. The van der Waals surface area contributed by atoms with E-state index in [2.05, 4.69) is 33.5 Å². The van der Waals surface area contributed by atoms with Gasteiger partial charge in [-0.1, -0.05) is 68.4 Å². The van der Waals surface area contributed by atoms with Crippen LogP contribution in [-0.4, -0.2) is 37.6 Å². The van der Waals surface area contributed by atoms with E-state index in [4.69, 9.17) is 4.74 Å². The minimum Gasteiger partial charge on any atom is -1.00 e. The van der Waals surface area contributed by atoms with Crippen LogP contribution >= 0.6 is 15.9 Å². The van der Waals surface area contributed by atoms with Crippen molar-refractivity contribution >= 4 is 56.0 Å². The summed E-state index contributed by atoms with van der Waals surface area (Å²) in [6.07, 6.45) is 4.10. The molecule has 0 fully saturated rings. The van der Waals surface area contributed by atoms with Gasteiger partial charge in [0.15, 0.2) is 12.4 Å². The van der Waals surface area contributed by atoms with E-state index in [1.165, 1.54) is 0 Å². The van der Waals surface area contributed by atoms with Gasteiger partial charge >= 0.3 is 6.09 Å². The lowest BCUT2D eigenvalue weighted by atomic mass is 10.1. The second-order valence-corrected chi connectivity index (χ2v) is 10.6. The highest BCUT2D eigenvalue weighted by Gasteiger charge is 2.25. The van der Waals surface area contributed by atoms with Crippen LogP contribution in [0.4, 0.5) is 16.2 Å². The van der Waals surface area contributed by atoms with Crippen LogP contribution in [0.15, 0.2) is 95.7 Å². The van der Waals surface area contributed by atoms with E-state index in [1.807, 2.05) is 89.8 Å². The van der Waals surface area contributed by atoms with Gasteiger partial charge in [0.1, 0.15) is 18.7 Å². The molecule has 8 nitrogen and oxygen atoms in total. The van der Waals surface area contributed by atoms with E-state index in [9.17, 15) is 14.4 Å². The molecule has 220 valence electrons. The zero-order valence-corrected chi connectivity index (χ0v) is 25.9. The van der Waals surface area contributed by atoms with Crippen LogP contribution < -0.4 is 32.5 Å². The lowest BCUT2D eigenvalue weighted by Crippen LogP contribution is -3.00. The SMILES string of the molecule is CCC[n+]1cc(Br)cc(C(=O)N(CC(C)C(=O)NCCOC(=O)Nc2cccc3ccccc23)c2ccccc2)c1.[Cl-]. The number of benzene rings is 3. The molecule has 0 aliphatic heterocycles. The van der Waals surface area contributed by atoms with Crippen LogP contribution in [0.25, 0.3) is 10.8 Å². The van der Waals surface area contributed by atoms with E-state index in [1.54, 1.807) is 17.9 Å². The first kappa shape index (κ1) is 32.6. The summed E-state index contributed by atoms with van der Waals surface area (Å²) in [4.78, 5) is 40.6. The lowest BCUT2D eigenvalue weighted by Gasteiger charge is -2.25. The van der Waals surface area contributed by atoms with Gasteiger partial charge in [-0.25, -0.2) is 9.36 Å². The Morgan fingerprint density at radius 2 is 1.69 bits per heavy atom. The number of halogens is 2. The Morgan fingerprint density at radius 3 is 2.45 bits per heavy atom. The third-order valence-electron chi connectivity index (χ3n) is 6.49. The monoisotopic (exact) mass is 652 g/mol. The summed E-state index contributed by atoms with van der Waals surface area (Å²) < 4.78 is 8.06. The minimum atomic E-state index is -0.598. The van der Waals surface area contributed by atoms with Crippen molar-refractivity contribution in [1.29, 1.82) is 0 Å². The molecule has 4 rings (SSSR count). The second-order valence-electron chi connectivity index (χ2n) is 9.71. The van der Waals surface area contributed by atoms with Crippen LogP contribution in [0.1, 0.15) is 30.6 Å². The van der Waals surface area contributed by atoms with Gasteiger partial charge in [0.25, 0.3) is 5.91 Å². The first-order valence-corrected chi connectivity index (χ1v) is 14.4. The highest BCUT2D eigenvalue weighted by Crippen LogP contribution is 2.23. The van der Waals surface area contributed by atoms with Crippen LogP contribution in [0, 0.1) is 5.92 Å². The first-order valence-electron chi connectivity index (χ1n) is 13.6. The van der Waals surface area contributed by atoms with Gasteiger partial charge in [-0.15, -0.1) is 0 Å². The number of aromatic nitrogens is 1. The topological polar surface area (TPSA) is 91.6 Å². The maximum atomic E-state index is 13.7. The smallest absolute Gasteiger partial charge is 0.411 e. The average Bonchev–Trinajstić information content (AvgIpc) is 2.98. The molecule has 1 unspecified atom stereocenters. The minimum absolute atomic E-state index is 0. The number of anilines is 2. The van der Waals surface area contributed by atoms with Crippen molar-refractivity contribution in [2.24, 2.45) is 5.92 Å². The van der Waals surface area contributed by atoms with Gasteiger partial charge in [0.2, 0.25) is 5.91 Å². The fourth-order valence-electron chi connectivity index (χ4n) is 4.50. The Balaban J connectivity index is 0.00000484. The molecule has 0 aliphatic rings. The number of fused-ring (bicyclic) bond motifs is 1. The van der Waals surface area contributed by atoms with Gasteiger partial charge in [-0.3, -0.25) is 14.9 Å². The summed E-state index contributed by atoms with van der Waals surface area (Å²) >= 11 is 3.51. The summed E-state index contributed by atoms with van der Waals surface area (Å²) in [7, 11) is 0. The molecule has 0 saturated heterocycles. The van der Waals surface area contributed by atoms with Crippen molar-refractivity contribution in [2.45, 2.75) is 26.8 Å². The largest absolute Gasteiger partial charge is 1.00 e. The third kappa shape index (κ3) is 8.77. The summed E-state index contributed by atoms with van der Waals surface area (Å²) in [6.45, 7) is 4.96. The van der Waals surface area contributed by atoms with Gasteiger partial charge in [-0.05, 0) is 45.6 Å². The molecule has 10 heteroatoms. The molecule has 3 aromatic carbocycles. The molecule has 3 amide bonds. The van der Waals surface area contributed by atoms with Crippen molar-refractivity contribution in [1.82, 2.24) is 5.32 Å². The van der Waals surface area contributed by atoms with Crippen molar-refractivity contribution < 1.29 is 36.1 Å². The first-order chi connectivity index (χ1) is 19.9. The Bertz CT molecular complexity index is 1510. The number of nitrogens with one attached hydrogen (secondary N) is 2. The van der Waals surface area contributed by atoms with Crippen LogP contribution in [0.2, 0.25) is 0 Å². The Morgan fingerprint density at radius 1 is 0.976 bits per heavy atom. The van der Waals surface area contributed by atoms with Gasteiger partial charge < -0.3 is 27.4 Å². The van der Waals surface area contributed by atoms with E-state index in [0.29, 0.717) is 16.9 Å². The van der Waals surface area contributed by atoms with Gasteiger partial charge in [0.05, 0.1) is 22.6 Å². The molecular weight excluding hydrogens is 620 g/mol. The van der Waals surface area contributed by atoms with E-state index in [-0.39, 0.29) is 43.9 Å². The molecule has 1 aromatic heterocycles. The standard InChI is InChI=1S/C32H33BrN4O4.ClH/c1-3-17-36-21-25(19-26(33)22-36)31(39)37(27-12-5-4-6-13-27)20-23(2)30(38)34-16-18-41-32(40)35-29-15-9-11-24-10-7-8-14-28(24)29;/h4-15,19,21-23H,3,16-18,20H2,1-2H3,(H-,34,35,38,40);1H. The summed E-state index contributed by atoms with van der Waals surface area (Å²) in [5.41, 5.74) is 1.88. The number of para-hydroxylation sites is 1. The maximum Gasteiger partial charge on any atom is 0.411 e. The molecule has 1 heterocycles. The van der Waals surface area contributed by atoms with Gasteiger partial charge in [0, 0.05) is 24.0 Å². The van der Waals surface area contributed by atoms with Crippen molar-refractivity contribution in [3.63, 3.8) is 0 Å². The molecule has 0 radical (unpaired) electrons. The number of hydrogen-bond acceptors (Lipinski definition) is 4. The number of carbonyl (C=O) groups is 3. The Hall–Kier alpha value is -3.95. The van der Waals surface area contributed by atoms with Crippen molar-refractivity contribution in [3.8, 4) is 0 Å². The van der Waals surface area contributed by atoms with Crippen molar-refractivity contribution in [2.75, 3.05) is 29.9 Å². The predicted molar refractivity (Wildman–Crippen MR) is 164 cm³/mol. The average molecular weight is 654 g/mol. The molecule has 2 N–H and O–H groups in total. The zero-order valence-electron chi connectivity index (χ0n) is 23.6. The summed E-state index contributed by atoms with van der Waals surface area (Å²) in [5, 5.41) is 7.49. The summed E-state index contributed by atoms with van der Waals surface area (Å²) in [6, 6.07) is 24.5. The fourth-order valence-corrected chi connectivity index (χ4v) is 5.01. The molecule has 1 atom stereocenters. The second kappa shape index (κ2) is 15.9. The highest BCUT2D eigenvalue weighted by molar-refractivity contribution is 9.10. The van der Waals surface area contributed by atoms with E-state index in [0.717, 1.165) is 28.2 Å². The van der Waals surface area contributed by atoms with E-state index >= 15 is 0 Å². The normalized spacial score (nSPS) is 11.2. The molecule has 0 saturated carbocycles. The van der Waals surface area contributed by atoms with Crippen molar-refractivity contribution in [3.05, 3.63) is 101 Å². The molecule has 0 spiro atoms. The van der Waals surface area contributed by atoms with Crippen LogP contribution in [-0.2, 0) is 16.1 Å². The lowest BCUT2D eigenvalue weighted by molar-refractivity contribution is -0.697. The summed E-state index contributed by atoms with van der Waals surface area (Å²) in [5.74, 6) is -0.957.